The third-order valence-electron chi connectivity index (χ3n) is 5.88. The van der Waals surface area contributed by atoms with Crippen molar-refractivity contribution in [3.8, 4) is 22.6 Å². The highest BCUT2D eigenvalue weighted by molar-refractivity contribution is 6.09. The van der Waals surface area contributed by atoms with Gasteiger partial charge in [0.1, 0.15) is 11.5 Å². The van der Waals surface area contributed by atoms with Crippen LogP contribution in [0.5, 0.6) is 11.5 Å². The zero-order valence-electron chi connectivity index (χ0n) is 16.3. The molecule has 28 heavy (non-hydrogen) atoms. The fourth-order valence-electron chi connectivity index (χ4n) is 4.09. The van der Waals surface area contributed by atoms with Gasteiger partial charge in [0.25, 0.3) is 0 Å². The monoisotopic (exact) mass is 368 g/mol. The van der Waals surface area contributed by atoms with Crippen LogP contribution in [0.3, 0.4) is 0 Å². The molecular weight excluding hydrogens is 344 g/mol. The van der Waals surface area contributed by atoms with E-state index in [0.29, 0.717) is 25.0 Å². The molecule has 5 rings (SSSR count). The van der Waals surface area contributed by atoms with Crippen LogP contribution in [0.25, 0.3) is 32.7 Å². The van der Waals surface area contributed by atoms with Crippen LogP contribution in [0.2, 0.25) is 0 Å². The van der Waals surface area contributed by atoms with Crippen LogP contribution in [0.15, 0.2) is 72.8 Å². The van der Waals surface area contributed by atoms with Crippen LogP contribution >= 0.6 is 0 Å². The molecule has 0 spiro atoms. The summed E-state index contributed by atoms with van der Waals surface area (Å²) in [5.41, 5.74) is 2.27. The van der Waals surface area contributed by atoms with Crippen LogP contribution < -0.4 is 9.47 Å². The van der Waals surface area contributed by atoms with Gasteiger partial charge in [-0.2, -0.15) is 0 Å². The molecule has 4 aromatic rings. The largest absolute Gasteiger partial charge is 0.492 e. The number of ether oxygens (including phenoxy) is 2. The summed E-state index contributed by atoms with van der Waals surface area (Å²) in [6.07, 6.45) is 0. The molecule has 0 atom stereocenters. The molecule has 1 aliphatic heterocycles. The van der Waals surface area contributed by atoms with Gasteiger partial charge >= 0.3 is 0 Å². The number of benzene rings is 4. The van der Waals surface area contributed by atoms with E-state index in [-0.39, 0.29) is 0 Å². The zero-order valence-corrected chi connectivity index (χ0v) is 16.3. The fourth-order valence-corrected chi connectivity index (χ4v) is 4.09. The maximum Gasteiger partial charge on any atom is 0.127 e. The van der Waals surface area contributed by atoms with Gasteiger partial charge < -0.3 is 9.47 Å². The van der Waals surface area contributed by atoms with Crippen LogP contribution in [0.4, 0.5) is 0 Å². The summed E-state index contributed by atoms with van der Waals surface area (Å²) in [4.78, 5) is 0. The molecule has 0 amide bonds. The van der Waals surface area contributed by atoms with Gasteiger partial charge in [-0.05, 0) is 39.6 Å². The lowest BCUT2D eigenvalue weighted by atomic mass is 9.92. The Hall–Kier alpha value is -3.00. The fraction of sp³-hybridized carbons (Fsp3) is 0.231. The van der Waals surface area contributed by atoms with Crippen LogP contribution in [0, 0.1) is 11.8 Å². The molecule has 2 nitrogen and oxygen atoms in total. The summed E-state index contributed by atoms with van der Waals surface area (Å²) in [6.45, 7) is 5.79. The van der Waals surface area contributed by atoms with Gasteiger partial charge in [0.05, 0.1) is 13.2 Å². The minimum absolute atomic E-state index is 0.344. The Bertz CT molecular complexity index is 1070. The smallest absolute Gasteiger partial charge is 0.127 e. The van der Waals surface area contributed by atoms with E-state index in [1.54, 1.807) is 0 Å². The van der Waals surface area contributed by atoms with Crippen molar-refractivity contribution in [2.45, 2.75) is 13.8 Å². The summed E-state index contributed by atoms with van der Waals surface area (Å²) in [6, 6.07) is 25.6. The van der Waals surface area contributed by atoms with Crippen molar-refractivity contribution >= 4 is 21.5 Å². The van der Waals surface area contributed by atoms with E-state index in [2.05, 4.69) is 86.6 Å². The highest BCUT2D eigenvalue weighted by Gasteiger charge is 2.24. The maximum absolute atomic E-state index is 6.42. The van der Waals surface area contributed by atoms with E-state index in [9.17, 15) is 0 Å². The second kappa shape index (κ2) is 6.87. The number of hydrogen-bond donors (Lipinski definition) is 0. The third-order valence-corrected chi connectivity index (χ3v) is 5.88. The quantitative estimate of drug-likeness (QED) is 0.372. The summed E-state index contributed by atoms with van der Waals surface area (Å²) in [5, 5.41) is 4.82. The number of rotatable bonds is 1. The molecule has 0 aromatic heterocycles. The lowest BCUT2D eigenvalue weighted by Crippen LogP contribution is -2.24. The molecule has 0 fully saturated rings. The summed E-state index contributed by atoms with van der Waals surface area (Å²) >= 11 is 0. The van der Waals surface area contributed by atoms with Crippen molar-refractivity contribution in [3.05, 3.63) is 72.8 Å². The Balaban J connectivity index is 1.87. The second-order valence-electron chi connectivity index (χ2n) is 7.95. The average molecular weight is 368 g/mol. The topological polar surface area (TPSA) is 18.5 Å². The van der Waals surface area contributed by atoms with Crippen molar-refractivity contribution in [3.63, 3.8) is 0 Å². The highest BCUT2D eigenvalue weighted by atomic mass is 16.5. The summed E-state index contributed by atoms with van der Waals surface area (Å²) < 4.78 is 12.8. The number of fused-ring (bicyclic) bond motifs is 7. The lowest BCUT2D eigenvalue weighted by Gasteiger charge is -2.20. The average Bonchev–Trinajstić information content (AvgIpc) is 2.81. The molecule has 140 valence electrons. The molecule has 0 unspecified atom stereocenters. The summed E-state index contributed by atoms with van der Waals surface area (Å²) in [7, 11) is 0. The second-order valence-corrected chi connectivity index (χ2v) is 7.95. The molecule has 0 saturated carbocycles. The van der Waals surface area contributed by atoms with Gasteiger partial charge in [-0.1, -0.05) is 74.5 Å². The van der Waals surface area contributed by atoms with E-state index in [4.69, 9.17) is 9.47 Å². The van der Waals surface area contributed by atoms with Crippen LogP contribution in [-0.2, 0) is 0 Å². The molecule has 4 aromatic carbocycles. The van der Waals surface area contributed by atoms with E-state index in [1.165, 1.54) is 21.5 Å². The molecule has 0 N–H and O–H groups in total. The first-order chi connectivity index (χ1) is 13.7. The molecule has 0 radical (unpaired) electrons. The Kier molecular flexibility index (Phi) is 4.20. The van der Waals surface area contributed by atoms with Gasteiger partial charge in [-0.3, -0.25) is 0 Å². The highest BCUT2D eigenvalue weighted by Crippen LogP contribution is 2.46. The van der Waals surface area contributed by atoms with Crippen LogP contribution in [0.1, 0.15) is 13.8 Å². The van der Waals surface area contributed by atoms with E-state index >= 15 is 0 Å². The van der Waals surface area contributed by atoms with Gasteiger partial charge in [0.15, 0.2) is 0 Å². The minimum atomic E-state index is 0.344. The Morgan fingerprint density at radius 1 is 0.643 bits per heavy atom. The molecule has 1 heterocycles. The predicted octanol–water partition coefficient (Wildman–Crippen LogP) is 6.70. The molecule has 0 saturated heterocycles. The number of hydrogen-bond acceptors (Lipinski definition) is 2. The predicted molar refractivity (Wildman–Crippen MR) is 116 cm³/mol. The lowest BCUT2D eigenvalue weighted by molar-refractivity contribution is 0.145. The Morgan fingerprint density at radius 2 is 1.11 bits per heavy atom. The van der Waals surface area contributed by atoms with Gasteiger partial charge in [0.2, 0.25) is 0 Å². The van der Waals surface area contributed by atoms with E-state index in [0.717, 1.165) is 22.6 Å². The summed E-state index contributed by atoms with van der Waals surface area (Å²) in [5.74, 6) is 2.71. The van der Waals surface area contributed by atoms with Crippen molar-refractivity contribution < 1.29 is 9.47 Å². The molecule has 0 bridgehead atoms. The molecule has 1 aliphatic rings. The molecule has 0 aliphatic carbocycles. The maximum atomic E-state index is 6.42. The normalized spacial score (nSPS) is 14.5. The van der Waals surface area contributed by atoms with Gasteiger partial charge in [-0.15, -0.1) is 0 Å². The van der Waals surface area contributed by atoms with Gasteiger partial charge in [-0.25, -0.2) is 0 Å². The SMILES string of the molecule is CC(C)C1COc2ccc3ccccc3c2-c2c(ccc3ccccc23)OC1. The first-order valence-corrected chi connectivity index (χ1v) is 10.0. The van der Waals surface area contributed by atoms with Crippen molar-refractivity contribution in [1.82, 2.24) is 0 Å². The first kappa shape index (κ1) is 17.1. The Morgan fingerprint density at radius 3 is 1.57 bits per heavy atom. The standard InChI is InChI=1S/C26H24O2/c1-17(2)20-15-27-23-13-11-18-7-3-5-9-21(18)25(23)26-22-10-6-4-8-19(22)12-14-24(26)28-16-20/h3-14,17,20H,15-16H2,1-2H3. The van der Waals surface area contributed by atoms with E-state index < -0.39 is 0 Å². The van der Waals surface area contributed by atoms with Crippen molar-refractivity contribution in [2.24, 2.45) is 11.8 Å². The minimum Gasteiger partial charge on any atom is -0.492 e. The zero-order chi connectivity index (χ0) is 19.1. The van der Waals surface area contributed by atoms with Gasteiger partial charge in [0, 0.05) is 17.0 Å². The first-order valence-electron chi connectivity index (χ1n) is 10.0. The van der Waals surface area contributed by atoms with Crippen molar-refractivity contribution in [1.29, 1.82) is 0 Å². The van der Waals surface area contributed by atoms with Crippen LogP contribution in [-0.4, -0.2) is 13.2 Å². The van der Waals surface area contributed by atoms with Crippen molar-refractivity contribution in [2.75, 3.05) is 13.2 Å². The van der Waals surface area contributed by atoms with E-state index in [1.807, 2.05) is 0 Å². The molecule has 2 heteroatoms. The third kappa shape index (κ3) is 2.80. The Labute approximate surface area is 165 Å². The molecular formula is C26H24O2.